The molecule has 0 bridgehead atoms. The van der Waals surface area contributed by atoms with Gasteiger partial charge in [0.25, 0.3) is 0 Å². The highest BCUT2D eigenvalue weighted by Crippen LogP contribution is 2.17. The molecule has 0 aromatic heterocycles. The number of nitrogens with one attached hydrogen (secondary N) is 1. The minimum atomic E-state index is -0.460. The third-order valence-corrected chi connectivity index (χ3v) is 3.08. The summed E-state index contributed by atoms with van der Waals surface area (Å²) in [5, 5.41) is 3.21. The van der Waals surface area contributed by atoms with Crippen LogP contribution < -0.4 is 11.1 Å². The van der Waals surface area contributed by atoms with Gasteiger partial charge in [-0.25, -0.2) is 0 Å². The van der Waals surface area contributed by atoms with Gasteiger partial charge in [0.2, 0.25) is 11.8 Å². The smallest absolute Gasteiger partial charge is 0.240 e. The second-order valence-electron chi connectivity index (χ2n) is 4.37. The van der Waals surface area contributed by atoms with Crippen molar-refractivity contribution < 1.29 is 9.59 Å². The molecule has 2 atom stereocenters. The summed E-state index contributed by atoms with van der Waals surface area (Å²) in [6.07, 6.45) is 2.16. The van der Waals surface area contributed by atoms with E-state index in [-0.39, 0.29) is 18.5 Å². The van der Waals surface area contributed by atoms with Crippen molar-refractivity contribution in [1.29, 1.82) is 0 Å². The molecule has 1 heterocycles. The molecule has 0 spiro atoms. The Balaban J connectivity index is 2.62. The summed E-state index contributed by atoms with van der Waals surface area (Å²) in [5.41, 5.74) is 5.12. The normalized spacial score (nSPS) is 25.1. The number of primary amides is 1. The number of hydrogen-bond acceptors (Lipinski definition) is 3. The van der Waals surface area contributed by atoms with Gasteiger partial charge in [-0.05, 0) is 32.2 Å². The fraction of sp³-hybridized carbons (Fsp3) is 0.818. The Kier molecular flexibility index (Phi) is 4.73. The molecule has 1 aliphatic rings. The molecule has 3 N–H and O–H groups in total. The molecule has 16 heavy (non-hydrogen) atoms. The van der Waals surface area contributed by atoms with Crippen molar-refractivity contribution in [3.8, 4) is 0 Å². The minimum Gasteiger partial charge on any atom is -0.368 e. The first-order valence-electron chi connectivity index (χ1n) is 5.86. The number of amides is 2. The first kappa shape index (κ1) is 13.0. The van der Waals surface area contributed by atoms with E-state index in [1.807, 2.05) is 6.92 Å². The van der Waals surface area contributed by atoms with E-state index in [4.69, 9.17) is 5.73 Å². The monoisotopic (exact) mass is 227 g/mol. The highest BCUT2D eigenvalue weighted by atomic mass is 16.2. The van der Waals surface area contributed by atoms with Gasteiger partial charge in [0.05, 0.1) is 12.6 Å². The van der Waals surface area contributed by atoms with Crippen molar-refractivity contribution in [2.75, 3.05) is 19.6 Å². The van der Waals surface area contributed by atoms with Gasteiger partial charge < -0.3 is 16.0 Å². The third kappa shape index (κ3) is 3.20. The van der Waals surface area contributed by atoms with Crippen LogP contribution in [0.5, 0.6) is 0 Å². The second kappa shape index (κ2) is 5.84. The Hall–Kier alpha value is -1.10. The zero-order chi connectivity index (χ0) is 12.1. The van der Waals surface area contributed by atoms with Crippen molar-refractivity contribution in [3.05, 3.63) is 0 Å². The Morgan fingerprint density at radius 1 is 1.50 bits per heavy atom. The average molecular weight is 227 g/mol. The second-order valence-corrected chi connectivity index (χ2v) is 4.37. The average Bonchev–Trinajstić information content (AvgIpc) is 2.25. The first-order valence-corrected chi connectivity index (χ1v) is 5.86. The summed E-state index contributed by atoms with van der Waals surface area (Å²) in [7, 11) is 0. The van der Waals surface area contributed by atoms with Crippen LogP contribution in [0.1, 0.15) is 26.7 Å². The molecule has 0 radical (unpaired) electrons. The van der Waals surface area contributed by atoms with Crippen molar-refractivity contribution in [2.45, 2.75) is 32.7 Å². The highest BCUT2D eigenvalue weighted by molar-refractivity contribution is 5.87. The van der Waals surface area contributed by atoms with Crippen molar-refractivity contribution in [1.82, 2.24) is 10.2 Å². The molecule has 1 saturated heterocycles. The van der Waals surface area contributed by atoms with Crippen molar-refractivity contribution in [2.24, 2.45) is 11.7 Å². The number of piperidine rings is 1. The first-order chi connectivity index (χ1) is 7.56. The lowest BCUT2D eigenvalue weighted by Gasteiger charge is -2.32. The van der Waals surface area contributed by atoms with Crippen molar-refractivity contribution >= 4 is 11.8 Å². The Labute approximate surface area is 96.4 Å². The molecule has 1 rings (SSSR count). The molecule has 1 aliphatic heterocycles. The quantitative estimate of drug-likeness (QED) is 0.693. The molecule has 92 valence electrons. The summed E-state index contributed by atoms with van der Waals surface area (Å²) < 4.78 is 0. The molecule has 2 unspecified atom stereocenters. The van der Waals surface area contributed by atoms with Crippen LogP contribution in [0.3, 0.4) is 0 Å². The molecule has 0 aromatic carbocycles. The van der Waals surface area contributed by atoms with Crippen LogP contribution in [-0.2, 0) is 9.59 Å². The van der Waals surface area contributed by atoms with E-state index in [9.17, 15) is 9.59 Å². The lowest BCUT2D eigenvalue weighted by Crippen LogP contribution is -2.53. The molecular weight excluding hydrogens is 206 g/mol. The lowest BCUT2D eigenvalue weighted by molar-refractivity contribution is -0.138. The highest BCUT2D eigenvalue weighted by Gasteiger charge is 2.30. The van der Waals surface area contributed by atoms with Crippen LogP contribution in [0, 0.1) is 5.92 Å². The lowest BCUT2D eigenvalue weighted by atomic mass is 9.92. The van der Waals surface area contributed by atoms with Gasteiger partial charge in [-0.1, -0.05) is 6.92 Å². The predicted molar refractivity (Wildman–Crippen MR) is 61.6 cm³/mol. The maximum Gasteiger partial charge on any atom is 0.240 e. The Morgan fingerprint density at radius 3 is 2.69 bits per heavy atom. The van der Waals surface area contributed by atoms with Crippen molar-refractivity contribution in [3.63, 3.8) is 0 Å². The summed E-state index contributed by atoms with van der Waals surface area (Å²) in [6.45, 7) is 5.32. The zero-order valence-corrected chi connectivity index (χ0v) is 10.0. The SMILES string of the molecule is CCN(CC(N)=O)C(=O)C1NCCCC1C. The molecular formula is C11H21N3O2. The number of likely N-dealkylation sites (N-methyl/N-ethyl adjacent to an activating group) is 1. The minimum absolute atomic E-state index is 0.00602. The van der Waals surface area contributed by atoms with Crippen LogP contribution in [0.4, 0.5) is 0 Å². The van der Waals surface area contributed by atoms with Gasteiger partial charge in [0.15, 0.2) is 0 Å². The van der Waals surface area contributed by atoms with E-state index < -0.39 is 5.91 Å². The summed E-state index contributed by atoms with van der Waals surface area (Å²) in [4.78, 5) is 24.5. The van der Waals surface area contributed by atoms with Gasteiger partial charge in [0.1, 0.15) is 0 Å². The van der Waals surface area contributed by atoms with E-state index in [2.05, 4.69) is 12.2 Å². The van der Waals surface area contributed by atoms with Gasteiger partial charge in [-0.3, -0.25) is 9.59 Å². The number of rotatable bonds is 4. The van der Waals surface area contributed by atoms with Gasteiger partial charge >= 0.3 is 0 Å². The van der Waals surface area contributed by atoms with E-state index in [1.54, 1.807) is 0 Å². The Bertz CT molecular complexity index is 268. The summed E-state index contributed by atoms with van der Waals surface area (Å²) in [6, 6.07) is -0.159. The molecule has 5 nitrogen and oxygen atoms in total. The van der Waals surface area contributed by atoms with Crippen LogP contribution >= 0.6 is 0 Å². The molecule has 0 saturated carbocycles. The maximum atomic E-state index is 12.1. The zero-order valence-electron chi connectivity index (χ0n) is 10.0. The molecule has 5 heteroatoms. The van der Waals surface area contributed by atoms with Crippen LogP contribution in [-0.4, -0.2) is 42.4 Å². The maximum absolute atomic E-state index is 12.1. The fourth-order valence-electron chi connectivity index (χ4n) is 2.11. The van der Waals surface area contributed by atoms with Crippen LogP contribution in [0.25, 0.3) is 0 Å². The van der Waals surface area contributed by atoms with E-state index in [1.165, 1.54) is 4.90 Å². The molecule has 0 aromatic rings. The summed E-state index contributed by atoms with van der Waals surface area (Å²) >= 11 is 0. The molecule has 1 fully saturated rings. The predicted octanol–water partition coefficient (Wildman–Crippen LogP) is -0.292. The van der Waals surface area contributed by atoms with E-state index in [0.717, 1.165) is 19.4 Å². The van der Waals surface area contributed by atoms with Gasteiger partial charge in [-0.15, -0.1) is 0 Å². The van der Waals surface area contributed by atoms with Crippen LogP contribution in [0.15, 0.2) is 0 Å². The van der Waals surface area contributed by atoms with E-state index in [0.29, 0.717) is 12.5 Å². The van der Waals surface area contributed by atoms with Gasteiger partial charge in [0, 0.05) is 6.54 Å². The number of carbonyl (C=O) groups is 2. The topological polar surface area (TPSA) is 75.4 Å². The van der Waals surface area contributed by atoms with Crippen LogP contribution in [0.2, 0.25) is 0 Å². The number of nitrogens with zero attached hydrogens (tertiary/aromatic N) is 1. The molecule has 2 amide bonds. The van der Waals surface area contributed by atoms with E-state index >= 15 is 0 Å². The summed E-state index contributed by atoms with van der Waals surface area (Å²) in [5.74, 6) is -0.143. The number of hydrogen-bond donors (Lipinski definition) is 2. The largest absolute Gasteiger partial charge is 0.368 e. The van der Waals surface area contributed by atoms with Gasteiger partial charge in [-0.2, -0.15) is 0 Å². The number of nitrogens with two attached hydrogens (primary N) is 1. The number of carbonyl (C=O) groups excluding carboxylic acids is 2. The Morgan fingerprint density at radius 2 is 2.19 bits per heavy atom. The molecule has 0 aliphatic carbocycles. The third-order valence-electron chi connectivity index (χ3n) is 3.08. The fourth-order valence-corrected chi connectivity index (χ4v) is 2.11. The standard InChI is InChI=1S/C11H21N3O2/c1-3-14(7-9(12)15)11(16)10-8(2)5-4-6-13-10/h8,10,13H,3-7H2,1-2H3,(H2,12,15).